The molecule has 0 saturated carbocycles. The lowest BCUT2D eigenvalue weighted by Gasteiger charge is -2.13. The van der Waals surface area contributed by atoms with E-state index in [0.29, 0.717) is 31.9 Å². The van der Waals surface area contributed by atoms with Gasteiger partial charge in [0.25, 0.3) is 0 Å². The highest BCUT2D eigenvalue weighted by Gasteiger charge is 2.21. The van der Waals surface area contributed by atoms with Crippen molar-refractivity contribution in [3.8, 4) is 11.3 Å². The Morgan fingerprint density at radius 3 is 2.78 bits per heavy atom. The summed E-state index contributed by atoms with van der Waals surface area (Å²) in [5, 5.41) is 8.63. The van der Waals surface area contributed by atoms with Crippen LogP contribution in [0, 0.1) is 6.92 Å². The first-order valence-electron chi connectivity index (χ1n) is 12.1. The maximum Gasteiger partial charge on any atom is 0.224 e. The number of nitrogens with one attached hydrogen (secondary N) is 1. The molecule has 188 valence electrons. The van der Waals surface area contributed by atoms with Gasteiger partial charge < -0.3 is 10.1 Å². The summed E-state index contributed by atoms with van der Waals surface area (Å²) in [5.41, 5.74) is 4.10. The van der Waals surface area contributed by atoms with Crippen LogP contribution in [-0.4, -0.2) is 64.2 Å². The van der Waals surface area contributed by atoms with Gasteiger partial charge in [-0.3, -0.25) is 4.79 Å². The highest BCUT2D eigenvalue weighted by atomic mass is 32.1. The van der Waals surface area contributed by atoms with Crippen LogP contribution in [0.25, 0.3) is 11.3 Å². The summed E-state index contributed by atoms with van der Waals surface area (Å²) in [6, 6.07) is 8.09. The average Bonchev–Trinajstić information content (AvgIpc) is 3.52. The van der Waals surface area contributed by atoms with Gasteiger partial charge in [-0.1, -0.05) is 37.6 Å². The van der Waals surface area contributed by atoms with Crippen molar-refractivity contribution in [1.29, 1.82) is 0 Å². The van der Waals surface area contributed by atoms with E-state index in [4.69, 9.17) is 9.72 Å². The Balaban J connectivity index is 1.39. The molecule has 1 atom stereocenters. The molecule has 0 spiro atoms. The van der Waals surface area contributed by atoms with Crippen molar-refractivity contribution in [3.05, 3.63) is 57.7 Å². The lowest BCUT2D eigenvalue weighted by atomic mass is 9.98. The van der Waals surface area contributed by atoms with Crippen molar-refractivity contribution in [1.82, 2.24) is 15.0 Å². The van der Waals surface area contributed by atoms with E-state index in [1.54, 1.807) is 19.5 Å². The van der Waals surface area contributed by atoms with Gasteiger partial charge in [0.2, 0.25) is 12.2 Å². The fourth-order valence-corrected chi connectivity index (χ4v) is 4.75. The van der Waals surface area contributed by atoms with Crippen molar-refractivity contribution < 1.29 is 14.2 Å². The Hall–Kier alpha value is -3.30. The van der Waals surface area contributed by atoms with Gasteiger partial charge in [0.15, 0.2) is 18.4 Å². The first-order valence-corrected chi connectivity index (χ1v) is 12.9. The first-order chi connectivity index (χ1) is 17.2. The maximum absolute atomic E-state index is 12.7. The van der Waals surface area contributed by atoms with E-state index >= 15 is 0 Å². The maximum atomic E-state index is 12.7. The van der Waals surface area contributed by atoms with Crippen molar-refractivity contribution >= 4 is 35.5 Å². The van der Waals surface area contributed by atoms with Crippen molar-refractivity contribution in [2.45, 2.75) is 52.0 Å². The van der Waals surface area contributed by atoms with Crippen molar-refractivity contribution in [2.24, 2.45) is 5.10 Å². The van der Waals surface area contributed by atoms with Crippen LogP contribution in [0.2, 0.25) is 0 Å². The summed E-state index contributed by atoms with van der Waals surface area (Å²) in [6.45, 7) is 9.72. The molecule has 0 radical (unpaired) electrons. The molecule has 1 aliphatic heterocycles. The van der Waals surface area contributed by atoms with E-state index in [2.05, 4.69) is 66.3 Å². The molecule has 9 heteroatoms. The Morgan fingerprint density at radius 2 is 2.06 bits per heavy atom. The third-order valence-corrected chi connectivity index (χ3v) is 7.33. The zero-order chi connectivity index (χ0) is 25.7. The fraction of sp³-hybridized carbons (Fsp3) is 0.407. The number of benzene rings is 1. The number of aromatic nitrogens is 3. The summed E-state index contributed by atoms with van der Waals surface area (Å²) in [7, 11) is 1.67. The summed E-state index contributed by atoms with van der Waals surface area (Å²) in [4.78, 5) is 27.0. The third-order valence-electron chi connectivity index (χ3n) is 5.87. The standard InChI is InChI=1S/C27H33N6O2S/c1-18-14-20(7-6-19(18)8-9-23(34)24-16-29-25(36-24)27(2,3)4)22-10-11-28-26(32-22)31-21-15-30-33(17-21)12-13-35-5/h6-7,10-11,14-17,21H,8-9,12-13H2,1-5H3,(H,28,31,32)/q+1. The molecule has 1 unspecified atom stereocenters. The van der Waals surface area contributed by atoms with E-state index in [9.17, 15) is 4.79 Å². The number of anilines is 1. The van der Waals surface area contributed by atoms with Crippen LogP contribution in [-0.2, 0) is 16.6 Å². The summed E-state index contributed by atoms with van der Waals surface area (Å²) in [5.74, 6) is 0.686. The molecule has 3 aromatic rings. The second-order valence-corrected chi connectivity index (χ2v) is 10.9. The molecule has 3 heterocycles. The molecule has 1 N–H and O–H groups in total. The predicted molar refractivity (Wildman–Crippen MR) is 145 cm³/mol. The number of Topliss-reactive ketones (excluding diaryl/α,β-unsaturated/α-hetero) is 1. The number of ketones is 1. The number of thiazole rings is 1. The SMILES string of the molecule is COCC[N+]1=CC(Nc2nccc(-c3ccc(CCC(=O)c4cnc(C(C)(C)C)s4)c(C)c3)n2)C=N1. The molecular formula is C27H33N6O2S+. The minimum Gasteiger partial charge on any atom is -0.378 e. The molecule has 1 aliphatic rings. The van der Waals surface area contributed by atoms with Crippen molar-refractivity contribution in [2.75, 3.05) is 25.6 Å². The number of carbonyl (C=O) groups is 1. The van der Waals surface area contributed by atoms with Crippen LogP contribution < -0.4 is 5.32 Å². The highest BCUT2D eigenvalue weighted by Crippen LogP contribution is 2.28. The van der Waals surface area contributed by atoms with Gasteiger partial charge in [0.05, 0.1) is 15.6 Å². The smallest absolute Gasteiger partial charge is 0.224 e. The van der Waals surface area contributed by atoms with Crippen LogP contribution in [0.4, 0.5) is 5.95 Å². The number of rotatable bonds is 10. The molecule has 0 aliphatic carbocycles. The minimum absolute atomic E-state index is 0.0423. The van der Waals surface area contributed by atoms with Crippen LogP contribution in [0.1, 0.15) is 53.0 Å². The number of hydrogen-bond donors (Lipinski definition) is 1. The van der Waals surface area contributed by atoms with Gasteiger partial charge in [-0.25, -0.2) is 15.0 Å². The quantitative estimate of drug-likeness (QED) is 0.321. The van der Waals surface area contributed by atoms with E-state index in [0.717, 1.165) is 32.3 Å². The predicted octanol–water partition coefficient (Wildman–Crippen LogP) is 4.53. The van der Waals surface area contributed by atoms with Crippen LogP contribution >= 0.6 is 11.3 Å². The number of carbonyl (C=O) groups excluding carboxylic acids is 1. The summed E-state index contributed by atoms with van der Waals surface area (Å²) < 4.78 is 6.94. The minimum atomic E-state index is -0.0724. The fourth-order valence-electron chi connectivity index (χ4n) is 3.81. The number of ether oxygens (including phenoxy) is 1. The molecular weight excluding hydrogens is 472 g/mol. The summed E-state index contributed by atoms with van der Waals surface area (Å²) in [6.07, 6.45) is 8.43. The van der Waals surface area contributed by atoms with E-state index in [-0.39, 0.29) is 17.2 Å². The molecule has 4 rings (SSSR count). The summed E-state index contributed by atoms with van der Waals surface area (Å²) >= 11 is 1.50. The number of hydrogen-bond acceptors (Lipinski definition) is 8. The van der Waals surface area contributed by atoms with Gasteiger partial charge in [-0.2, -0.15) is 0 Å². The lowest BCUT2D eigenvalue weighted by Crippen LogP contribution is -2.23. The molecule has 36 heavy (non-hydrogen) atoms. The number of methoxy groups -OCH3 is 1. The molecule has 8 nitrogen and oxygen atoms in total. The molecule has 1 aromatic carbocycles. The van der Waals surface area contributed by atoms with Gasteiger partial charge in [-0.15, -0.1) is 11.3 Å². The van der Waals surface area contributed by atoms with E-state index in [1.165, 1.54) is 11.3 Å². The Morgan fingerprint density at radius 1 is 1.22 bits per heavy atom. The van der Waals surface area contributed by atoms with Crippen LogP contribution in [0.5, 0.6) is 0 Å². The molecule has 0 bridgehead atoms. The Labute approximate surface area is 216 Å². The highest BCUT2D eigenvalue weighted by molar-refractivity contribution is 7.13. The molecule has 0 saturated heterocycles. The second kappa shape index (κ2) is 11.2. The average molecular weight is 506 g/mol. The molecule has 0 amide bonds. The molecule has 2 aromatic heterocycles. The Kier molecular flexibility index (Phi) is 8.01. The monoisotopic (exact) mass is 505 g/mol. The number of nitrogens with zero attached hydrogens (tertiary/aromatic N) is 5. The van der Waals surface area contributed by atoms with Gasteiger partial charge >= 0.3 is 0 Å². The van der Waals surface area contributed by atoms with Gasteiger partial charge in [0.1, 0.15) is 12.8 Å². The lowest BCUT2D eigenvalue weighted by molar-refractivity contribution is -0.528. The zero-order valence-electron chi connectivity index (χ0n) is 21.5. The van der Waals surface area contributed by atoms with Gasteiger partial charge in [-0.05, 0) is 41.7 Å². The largest absolute Gasteiger partial charge is 0.378 e. The van der Waals surface area contributed by atoms with Crippen LogP contribution in [0.3, 0.4) is 0 Å². The van der Waals surface area contributed by atoms with E-state index < -0.39 is 0 Å². The van der Waals surface area contributed by atoms with Crippen LogP contribution in [0.15, 0.2) is 41.8 Å². The third kappa shape index (κ3) is 6.47. The number of aryl methyl sites for hydroxylation is 2. The normalized spacial score (nSPS) is 15.2. The topological polar surface area (TPSA) is 92.4 Å². The molecule has 0 fully saturated rings. The van der Waals surface area contributed by atoms with E-state index in [1.807, 2.05) is 23.2 Å². The van der Waals surface area contributed by atoms with Gasteiger partial charge in [0, 0.05) is 36.9 Å². The first kappa shape index (κ1) is 25.8. The zero-order valence-corrected chi connectivity index (χ0v) is 22.3. The number of hydrazone groups is 1. The second-order valence-electron chi connectivity index (χ2n) is 9.85. The van der Waals surface area contributed by atoms with Crippen molar-refractivity contribution in [3.63, 3.8) is 0 Å². The Bertz CT molecular complexity index is 1290.